The Hall–Kier alpha value is -1.54. The third kappa shape index (κ3) is 4.30. The molecule has 0 atom stereocenters. The molecule has 0 saturated carbocycles. The van der Waals surface area contributed by atoms with Gasteiger partial charge in [0, 0.05) is 0 Å². The third-order valence-corrected chi connectivity index (χ3v) is 5.50. The molecule has 5 nitrogen and oxygen atoms in total. The highest BCUT2D eigenvalue weighted by molar-refractivity contribution is 7.99. The summed E-state index contributed by atoms with van der Waals surface area (Å²) in [7, 11) is 0. The van der Waals surface area contributed by atoms with Gasteiger partial charge < -0.3 is 9.84 Å². The van der Waals surface area contributed by atoms with Crippen molar-refractivity contribution in [2.75, 3.05) is 11.1 Å². The van der Waals surface area contributed by atoms with E-state index in [1.165, 1.54) is 11.8 Å². The Morgan fingerprint density at radius 2 is 2.17 bits per heavy atom. The van der Waals surface area contributed by atoms with Gasteiger partial charge in [0.15, 0.2) is 0 Å². The average Bonchev–Trinajstić information content (AvgIpc) is 3.23. The maximum Gasteiger partial charge on any atom is 0.236 e. The molecule has 2 heterocycles. The van der Waals surface area contributed by atoms with Gasteiger partial charge in [-0.15, -0.1) is 23.1 Å². The van der Waals surface area contributed by atoms with E-state index < -0.39 is 0 Å². The third-order valence-electron chi connectivity index (χ3n) is 2.89. The van der Waals surface area contributed by atoms with Crippen molar-refractivity contribution in [3.05, 3.63) is 51.6 Å². The Morgan fingerprint density at radius 3 is 2.96 bits per heavy atom. The summed E-state index contributed by atoms with van der Waals surface area (Å²) in [6, 6.07) is 8.93. The number of carbonyl (C=O) groups excluding carboxylic acids is 1. The van der Waals surface area contributed by atoms with Crippen LogP contribution in [0.5, 0.6) is 0 Å². The number of anilines is 1. The number of nitrogens with zero attached hydrogens (tertiary/aromatic N) is 2. The minimum Gasteiger partial charge on any atom is -0.338 e. The highest BCUT2D eigenvalue weighted by Gasteiger charge is 2.12. The molecule has 3 aromatic rings. The van der Waals surface area contributed by atoms with Crippen LogP contribution >= 0.6 is 46.3 Å². The van der Waals surface area contributed by atoms with Crippen LogP contribution in [-0.4, -0.2) is 21.8 Å². The molecule has 0 radical (unpaired) electrons. The first-order valence-electron chi connectivity index (χ1n) is 6.81. The second-order valence-corrected chi connectivity index (χ2v) is 7.35. The summed E-state index contributed by atoms with van der Waals surface area (Å²) < 4.78 is 5.18. The van der Waals surface area contributed by atoms with E-state index in [2.05, 4.69) is 15.5 Å². The summed E-state index contributed by atoms with van der Waals surface area (Å²) in [6.45, 7) is 0. The Morgan fingerprint density at radius 1 is 1.29 bits per heavy atom. The van der Waals surface area contributed by atoms with Gasteiger partial charge in [-0.25, -0.2) is 0 Å². The lowest BCUT2D eigenvalue weighted by atomic mass is 10.3. The highest BCUT2D eigenvalue weighted by Crippen LogP contribution is 2.29. The van der Waals surface area contributed by atoms with Gasteiger partial charge in [-0.2, -0.15) is 4.98 Å². The molecule has 1 aromatic carbocycles. The van der Waals surface area contributed by atoms with Gasteiger partial charge in [0.05, 0.1) is 32.1 Å². The van der Waals surface area contributed by atoms with E-state index in [-0.39, 0.29) is 11.7 Å². The molecule has 0 fully saturated rings. The molecule has 0 spiro atoms. The van der Waals surface area contributed by atoms with E-state index in [4.69, 9.17) is 27.7 Å². The number of thiophene rings is 1. The van der Waals surface area contributed by atoms with Crippen molar-refractivity contribution in [2.24, 2.45) is 0 Å². The van der Waals surface area contributed by atoms with Gasteiger partial charge in [0.25, 0.3) is 0 Å². The zero-order chi connectivity index (χ0) is 16.9. The van der Waals surface area contributed by atoms with Gasteiger partial charge in [0.1, 0.15) is 0 Å². The minimum atomic E-state index is -0.179. The summed E-state index contributed by atoms with van der Waals surface area (Å²) >= 11 is 14.9. The van der Waals surface area contributed by atoms with Crippen molar-refractivity contribution in [3.63, 3.8) is 0 Å². The first kappa shape index (κ1) is 17.3. The SMILES string of the molecule is O=C(CSCc1nc(-c2cccs2)no1)Nc1cccc(Cl)c1Cl. The Balaban J connectivity index is 1.49. The van der Waals surface area contributed by atoms with E-state index >= 15 is 0 Å². The first-order chi connectivity index (χ1) is 11.6. The lowest BCUT2D eigenvalue weighted by Crippen LogP contribution is -2.14. The normalized spacial score (nSPS) is 10.8. The average molecular weight is 400 g/mol. The van der Waals surface area contributed by atoms with Crippen LogP contribution in [0.3, 0.4) is 0 Å². The lowest BCUT2D eigenvalue weighted by Gasteiger charge is -2.07. The van der Waals surface area contributed by atoms with Crippen molar-refractivity contribution in [1.82, 2.24) is 10.1 Å². The van der Waals surface area contributed by atoms with E-state index in [1.807, 2.05) is 17.5 Å². The van der Waals surface area contributed by atoms with E-state index in [9.17, 15) is 4.79 Å². The van der Waals surface area contributed by atoms with Crippen LogP contribution in [0.25, 0.3) is 10.7 Å². The topological polar surface area (TPSA) is 68.0 Å². The molecule has 0 aliphatic heterocycles. The van der Waals surface area contributed by atoms with E-state index in [0.717, 1.165) is 4.88 Å². The number of benzene rings is 1. The number of amides is 1. The Bertz CT molecular complexity index is 837. The summed E-state index contributed by atoms with van der Waals surface area (Å²) in [6.07, 6.45) is 0. The fourth-order valence-corrected chi connectivity index (χ4v) is 3.49. The second-order valence-electron chi connectivity index (χ2n) is 4.63. The second kappa shape index (κ2) is 8.02. The quantitative estimate of drug-likeness (QED) is 0.632. The number of nitrogens with one attached hydrogen (secondary N) is 1. The predicted octanol–water partition coefficient (Wildman–Crippen LogP) is 4.98. The number of hydrogen-bond donors (Lipinski definition) is 1. The van der Waals surface area contributed by atoms with Crippen LogP contribution < -0.4 is 5.32 Å². The van der Waals surface area contributed by atoms with Crippen molar-refractivity contribution in [1.29, 1.82) is 0 Å². The van der Waals surface area contributed by atoms with Gasteiger partial charge in [-0.1, -0.05) is 40.5 Å². The molecule has 0 aliphatic rings. The molecule has 1 N–H and O–H groups in total. The molecular formula is C15H11Cl2N3O2S2. The number of thioether (sulfide) groups is 1. The van der Waals surface area contributed by atoms with Gasteiger partial charge in [-0.05, 0) is 23.6 Å². The number of hydrogen-bond acceptors (Lipinski definition) is 6. The van der Waals surface area contributed by atoms with Crippen molar-refractivity contribution < 1.29 is 9.32 Å². The largest absolute Gasteiger partial charge is 0.338 e. The molecule has 3 rings (SSSR count). The molecule has 9 heteroatoms. The number of carbonyl (C=O) groups is 1. The Labute approximate surface area is 156 Å². The van der Waals surface area contributed by atoms with E-state index in [1.54, 1.807) is 29.5 Å². The molecule has 0 unspecified atom stereocenters. The standard InChI is InChI=1S/C15H11Cl2N3O2S2/c16-9-3-1-4-10(14(9)17)18-12(21)7-23-8-13-19-15(20-22-13)11-5-2-6-24-11/h1-6H,7-8H2,(H,18,21). The maximum absolute atomic E-state index is 12.0. The summed E-state index contributed by atoms with van der Waals surface area (Å²) in [5.74, 6) is 1.56. The number of rotatable bonds is 6. The van der Waals surface area contributed by atoms with Gasteiger partial charge in [-0.3, -0.25) is 4.79 Å². The zero-order valence-electron chi connectivity index (χ0n) is 12.2. The minimum absolute atomic E-state index is 0.179. The van der Waals surface area contributed by atoms with Crippen molar-refractivity contribution in [2.45, 2.75) is 5.75 Å². The summed E-state index contributed by atoms with van der Waals surface area (Å²) in [5.41, 5.74) is 0.493. The van der Waals surface area contributed by atoms with Crippen LogP contribution in [0.15, 0.2) is 40.2 Å². The molecule has 0 bridgehead atoms. The molecule has 2 aromatic heterocycles. The highest BCUT2D eigenvalue weighted by atomic mass is 35.5. The fourth-order valence-electron chi connectivity index (χ4n) is 1.84. The summed E-state index contributed by atoms with van der Waals surface area (Å²) in [5, 5.41) is 9.32. The van der Waals surface area contributed by atoms with Gasteiger partial charge >= 0.3 is 0 Å². The molecule has 24 heavy (non-hydrogen) atoms. The molecule has 0 aliphatic carbocycles. The lowest BCUT2D eigenvalue weighted by molar-refractivity contribution is -0.113. The fraction of sp³-hybridized carbons (Fsp3) is 0.133. The molecule has 0 saturated heterocycles. The van der Waals surface area contributed by atoms with Crippen molar-refractivity contribution in [3.8, 4) is 10.7 Å². The van der Waals surface area contributed by atoms with Crippen LogP contribution in [-0.2, 0) is 10.5 Å². The van der Waals surface area contributed by atoms with Crippen LogP contribution in [0.4, 0.5) is 5.69 Å². The predicted molar refractivity (Wildman–Crippen MR) is 98.9 cm³/mol. The van der Waals surface area contributed by atoms with E-state index in [0.29, 0.717) is 33.2 Å². The monoisotopic (exact) mass is 399 g/mol. The molecule has 1 amide bonds. The Kier molecular flexibility index (Phi) is 5.78. The first-order valence-corrected chi connectivity index (χ1v) is 9.60. The summed E-state index contributed by atoms with van der Waals surface area (Å²) in [4.78, 5) is 17.2. The molecular weight excluding hydrogens is 389 g/mol. The zero-order valence-corrected chi connectivity index (χ0v) is 15.3. The number of halogens is 2. The maximum atomic E-state index is 12.0. The number of aromatic nitrogens is 2. The van der Waals surface area contributed by atoms with Crippen LogP contribution in [0.2, 0.25) is 10.0 Å². The van der Waals surface area contributed by atoms with Crippen molar-refractivity contribution >= 4 is 57.9 Å². The smallest absolute Gasteiger partial charge is 0.236 e. The van der Waals surface area contributed by atoms with Gasteiger partial charge in [0.2, 0.25) is 17.6 Å². The molecule has 124 valence electrons. The van der Waals surface area contributed by atoms with Crippen LogP contribution in [0.1, 0.15) is 5.89 Å². The van der Waals surface area contributed by atoms with Crippen LogP contribution in [0, 0.1) is 0 Å².